The molecule has 0 saturated carbocycles. The van der Waals surface area contributed by atoms with E-state index in [0.717, 1.165) is 8.79 Å². The number of sulfone groups is 1. The van der Waals surface area contributed by atoms with E-state index >= 15 is 0 Å². The van der Waals surface area contributed by atoms with Gasteiger partial charge in [0.25, 0.3) is 0 Å². The molecule has 0 unspecified atom stereocenters. The number of thiazole rings is 1. The lowest BCUT2D eigenvalue weighted by Gasteiger charge is -2.04. The van der Waals surface area contributed by atoms with E-state index in [1.165, 1.54) is 11.3 Å². The zero-order valence-electron chi connectivity index (χ0n) is 7.32. The van der Waals surface area contributed by atoms with Crippen molar-refractivity contribution >= 4 is 37.1 Å². The lowest BCUT2D eigenvalue weighted by Crippen LogP contribution is -2.15. The Labute approximate surface area is 90.2 Å². The number of rotatable bonds is 3. The second-order valence-corrected chi connectivity index (χ2v) is 7.88. The third-order valence-electron chi connectivity index (χ3n) is 1.59. The molecule has 0 saturated heterocycles. The molecule has 3 nitrogen and oxygen atoms in total. The van der Waals surface area contributed by atoms with Crippen LogP contribution in [0, 0.1) is 0 Å². The van der Waals surface area contributed by atoms with Gasteiger partial charge in [0.2, 0.25) is 0 Å². The molecule has 1 heterocycles. The summed E-state index contributed by atoms with van der Waals surface area (Å²) < 4.78 is 23.7. The van der Waals surface area contributed by atoms with Crippen molar-refractivity contribution in [2.24, 2.45) is 0 Å². The highest BCUT2D eigenvalue weighted by Gasteiger charge is 2.17. The minimum atomic E-state index is -2.99. The van der Waals surface area contributed by atoms with Crippen molar-refractivity contribution in [2.75, 3.05) is 0 Å². The normalized spacial score (nSPS) is 12.3. The average molecular weight is 284 g/mol. The zero-order chi connectivity index (χ0) is 10.1. The second-order valence-electron chi connectivity index (χ2n) is 2.94. The SMILES string of the molecule is CC(C)S(=O)(=O)Cc1cnc(Br)s1. The summed E-state index contributed by atoms with van der Waals surface area (Å²) >= 11 is 4.55. The maximum Gasteiger partial charge on any atom is 0.159 e. The predicted octanol–water partition coefficient (Wildman–Crippen LogP) is 2.23. The maximum absolute atomic E-state index is 11.5. The van der Waals surface area contributed by atoms with Gasteiger partial charge in [0.15, 0.2) is 13.8 Å². The van der Waals surface area contributed by atoms with E-state index in [1.807, 2.05) is 0 Å². The molecular formula is C7H10BrNO2S2. The summed E-state index contributed by atoms with van der Waals surface area (Å²) in [6.45, 7) is 3.37. The van der Waals surface area contributed by atoms with Crippen LogP contribution >= 0.6 is 27.3 Å². The summed E-state index contributed by atoms with van der Waals surface area (Å²) in [5.41, 5.74) is 0. The van der Waals surface area contributed by atoms with Crippen molar-refractivity contribution in [3.63, 3.8) is 0 Å². The molecule has 0 N–H and O–H groups in total. The molecule has 0 spiro atoms. The molecule has 1 aromatic rings. The first kappa shape index (κ1) is 11.1. The zero-order valence-corrected chi connectivity index (χ0v) is 10.5. The van der Waals surface area contributed by atoms with Gasteiger partial charge < -0.3 is 0 Å². The lowest BCUT2D eigenvalue weighted by atomic mass is 10.6. The third kappa shape index (κ3) is 3.03. The molecule has 0 radical (unpaired) electrons. The first-order valence-corrected chi connectivity index (χ1v) is 7.06. The monoisotopic (exact) mass is 283 g/mol. The van der Waals surface area contributed by atoms with Gasteiger partial charge >= 0.3 is 0 Å². The first-order chi connectivity index (χ1) is 5.92. The fourth-order valence-electron chi connectivity index (χ4n) is 0.715. The van der Waals surface area contributed by atoms with Gasteiger partial charge in [-0.25, -0.2) is 13.4 Å². The molecule has 0 aromatic carbocycles. The van der Waals surface area contributed by atoms with Gasteiger partial charge in [-0.1, -0.05) is 0 Å². The summed E-state index contributed by atoms with van der Waals surface area (Å²) in [6, 6.07) is 0. The van der Waals surface area contributed by atoms with Crippen LogP contribution in [-0.4, -0.2) is 18.7 Å². The van der Waals surface area contributed by atoms with E-state index in [1.54, 1.807) is 20.0 Å². The van der Waals surface area contributed by atoms with E-state index in [9.17, 15) is 8.42 Å². The summed E-state index contributed by atoms with van der Waals surface area (Å²) in [5.74, 6) is 0.0912. The van der Waals surface area contributed by atoms with Gasteiger partial charge in [-0.2, -0.15) is 0 Å². The summed E-state index contributed by atoms with van der Waals surface area (Å²) in [4.78, 5) is 4.71. The van der Waals surface area contributed by atoms with Crippen molar-refractivity contribution in [1.82, 2.24) is 4.98 Å². The van der Waals surface area contributed by atoms with E-state index < -0.39 is 9.84 Å². The fourth-order valence-corrected chi connectivity index (χ4v) is 3.40. The molecule has 13 heavy (non-hydrogen) atoms. The van der Waals surface area contributed by atoms with Crippen LogP contribution < -0.4 is 0 Å². The Bertz CT molecular complexity index is 383. The number of aromatic nitrogens is 1. The highest BCUT2D eigenvalue weighted by atomic mass is 79.9. The van der Waals surface area contributed by atoms with E-state index in [2.05, 4.69) is 20.9 Å². The van der Waals surface area contributed by atoms with Gasteiger partial charge in [-0.15, -0.1) is 11.3 Å². The van der Waals surface area contributed by atoms with E-state index in [0.29, 0.717) is 0 Å². The van der Waals surface area contributed by atoms with Crippen LogP contribution in [0.4, 0.5) is 0 Å². The van der Waals surface area contributed by atoms with Crippen molar-refractivity contribution < 1.29 is 8.42 Å². The highest BCUT2D eigenvalue weighted by Crippen LogP contribution is 2.21. The van der Waals surface area contributed by atoms with Crippen LogP contribution in [0.1, 0.15) is 18.7 Å². The predicted molar refractivity (Wildman–Crippen MR) is 57.6 cm³/mol. The number of nitrogens with zero attached hydrogens (tertiary/aromatic N) is 1. The Kier molecular flexibility index (Phi) is 3.48. The molecule has 0 amide bonds. The third-order valence-corrected chi connectivity index (χ3v) is 5.40. The lowest BCUT2D eigenvalue weighted by molar-refractivity contribution is 0.587. The average Bonchev–Trinajstić information content (AvgIpc) is 2.34. The van der Waals surface area contributed by atoms with Crippen LogP contribution in [0.15, 0.2) is 10.1 Å². The minimum absolute atomic E-state index is 0.0912. The second kappa shape index (κ2) is 4.06. The van der Waals surface area contributed by atoms with Gasteiger partial charge in [0.05, 0.1) is 11.0 Å². The standard InChI is InChI=1S/C7H10BrNO2S2/c1-5(2)13(10,11)4-6-3-9-7(8)12-6/h3,5H,4H2,1-2H3. The quantitative estimate of drug-likeness (QED) is 0.855. The van der Waals surface area contributed by atoms with Crippen LogP contribution in [0.3, 0.4) is 0 Å². The molecule has 1 aromatic heterocycles. The fraction of sp³-hybridized carbons (Fsp3) is 0.571. The molecule has 0 bridgehead atoms. The molecule has 74 valence electrons. The highest BCUT2D eigenvalue weighted by molar-refractivity contribution is 9.11. The van der Waals surface area contributed by atoms with Crippen molar-refractivity contribution in [1.29, 1.82) is 0 Å². The molecular weight excluding hydrogens is 274 g/mol. The van der Waals surface area contributed by atoms with Gasteiger partial charge in [0, 0.05) is 11.1 Å². The van der Waals surface area contributed by atoms with Crippen LogP contribution in [-0.2, 0) is 15.6 Å². The summed E-state index contributed by atoms with van der Waals surface area (Å²) in [7, 11) is -2.99. The minimum Gasteiger partial charge on any atom is -0.237 e. The van der Waals surface area contributed by atoms with Gasteiger partial charge in [-0.05, 0) is 29.8 Å². The number of halogens is 1. The van der Waals surface area contributed by atoms with Crippen LogP contribution in [0.25, 0.3) is 0 Å². The number of hydrogen-bond donors (Lipinski definition) is 0. The first-order valence-electron chi connectivity index (χ1n) is 3.73. The Hall–Kier alpha value is 0.0600. The Morgan fingerprint density at radius 3 is 2.62 bits per heavy atom. The maximum atomic E-state index is 11.5. The Morgan fingerprint density at radius 1 is 1.62 bits per heavy atom. The Morgan fingerprint density at radius 2 is 2.23 bits per heavy atom. The van der Waals surface area contributed by atoms with Crippen LogP contribution in [0.2, 0.25) is 0 Å². The van der Waals surface area contributed by atoms with E-state index in [-0.39, 0.29) is 11.0 Å². The summed E-state index contributed by atoms with van der Waals surface area (Å²) in [6.07, 6.45) is 1.59. The van der Waals surface area contributed by atoms with E-state index in [4.69, 9.17) is 0 Å². The summed E-state index contributed by atoms with van der Waals surface area (Å²) in [5, 5.41) is -0.326. The van der Waals surface area contributed by atoms with Crippen molar-refractivity contribution in [3.05, 3.63) is 15.0 Å². The van der Waals surface area contributed by atoms with Gasteiger partial charge in [0.1, 0.15) is 0 Å². The van der Waals surface area contributed by atoms with Crippen molar-refractivity contribution in [2.45, 2.75) is 24.9 Å². The van der Waals surface area contributed by atoms with Crippen LogP contribution in [0.5, 0.6) is 0 Å². The largest absolute Gasteiger partial charge is 0.237 e. The topological polar surface area (TPSA) is 47.0 Å². The molecule has 0 aliphatic heterocycles. The van der Waals surface area contributed by atoms with Gasteiger partial charge in [-0.3, -0.25) is 0 Å². The smallest absolute Gasteiger partial charge is 0.159 e. The Balaban J connectivity index is 2.81. The molecule has 0 fully saturated rings. The molecule has 1 rings (SSSR count). The number of hydrogen-bond acceptors (Lipinski definition) is 4. The molecule has 0 aliphatic carbocycles. The van der Waals surface area contributed by atoms with Crippen molar-refractivity contribution in [3.8, 4) is 0 Å². The molecule has 0 aliphatic rings. The molecule has 6 heteroatoms. The molecule has 0 atom stereocenters.